The maximum Gasteiger partial charge on any atom is 0.390 e. The maximum absolute atomic E-state index is 12.2. The molecule has 2 nitrogen and oxygen atoms in total. The van der Waals surface area contributed by atoms with E-state index in [2.05, 4.69) is 0 Å². The van der Waals surface area contributed by atoms with Gasteiger partial charge >= 0.3 is 6.18 Å². The van der Waals surface area contributed by atoms with Gasteiger partial charge in [0.05, 0.1) is 19.1 Å². The molecule has 1 aliphatic rings. The van der Waals surface area contributed by atoms with Crippen LogP contribution in [0, 0.1) is 0 Å². The molecule has 0 spiro atoms. The number of alkyl halides is 3. The Morgan fingerprint density at radius 1 is 1.19 bits per heavy atom. The third kappa shape index (κ3) is 5.70. The molecule has 1 rings (SSSR count). The first kappa shape index (κ1) is 13.8. The van der Waals surface area contributed by atoms with Crippen molar-refractivity contribution in [3.8, 4) is 0 Å². The lowest BCUT2D eigenvalue weighted by molar-refractivity contribution is -0.153. The first-order valence-corrected chi connectivity index (χ1v) is 5.76. The van der Waals surface area contributed by atoms with Crippen LogP contribution >= 0.6 is 0 Å². The normalized spacial score (nSPS) is 23.1. The van der Waals surface area contributed by atoms with Gasteiger partial charge in [-0.1, -0.05) is 19.3 Å². The third-order valence-electron chi connectivity index (χ3n) is 2.81. The average molecular weight is 239 g/mol. The van der Waals surface area contributed by atoms with Crippen molar-refractivity contribution < 1.29 is 17.9 Å². The number of ether oxygens (including phenoxy) is 1. The lowest BCUT2D eigenvalue weighted by Gasteiger charge is -2.29. The standard InChI is InChI=1S/C11H20F3NO/c1-10(15,7-11(12,13)14)8-16-9-5-3-2-4-6-9/h9H,2-8,15H2,1H3. The Bertz CT molecular complexity index is 210. The van der Waals surface area contributed by atoms with E-state index in [0.717, 1.165) is 25.7 Å². The second-order valence-corrected chi connectivity index (χ2v) is 5.02. The summed E-state index contributed by atoms with van der Waals surface area (Å²) in [6.07, 6.45) is 0.180. The molecular weight excluding hydrogens is 219 g/mol. The topological polar surface area (TPSA) is 35.2 Å². The summed E-state index contributed by atoms with van der Waals surface area (Å²) in [5.41, 5.74) is 4.27. The minimum Gasteiger partial charge on any atom is -0.376 e. The van der Waals surface area contributed by atoms with Crippen molar-refractivity contribution in [1.82, 2.24) is 0 Å². The third-order valence-corrected chi connectivity index (χ3v) is 2.81. The largest absolute Gasteiger partial charge is 0.390 e. The zero-order valence-electron chi connectivity index (χ0n) is 9.65. The van der Waals surface area contributed by atoms with Crippen LogP contribution in [-0.2, 0) is 4.74 Å². The molecule has 2 N–H and O–H groups in total. The summed E-state index contributed by atoms with van der Waals surface area (Å²) in [4.78, 5) is 0. The number of halogens is 3. The van der Waals surface area contributed by atoms with Gasteiger partial charge in [-0.05, 0) is 19.8 Å². The first-order valence-electron chi connectivity index (χ1n) is 5.76. The highest BCUT2D eigenvalue weighted by molar-refractivity contribution is 4.82. The molecule has 0 aromatic carbocycles. The van der Waals surface area contributed by atoms with Crippen LogP contribution in [0.3, 0.4) is 0 Å². The van der Waals surface area contributed by atoms with Crippen molar-refractivity contribution in [2.24, 2.45) is 5.73 Å². The summed E-state index contributed by atoms with van der Waals surface area (Å²) in [5, 5.41) is 0. The van der Waals surface area contributed by atoms with E-state index < -0.39 is 18.1 Å². The molecule has 0 saturated heterocycles. The van der Waals surface area contributed by atoms with E-state index in [-0.39, 0.29) is 12.7 Å². The summed E-state index contributed by atoms with van der Waals surface area (Å²) >= 11 is 0. The molecular formula is C11H20F3NO. The summed E-state index contributed by atoms with van der Waals surface area (Å²) in [5.74, 6) is 0. The molecule has 0 aromatic heterocycles. The second kappa shape index (κ2) is 5.36. The van der Waals surface area contributed by atoms with Gasteiger partial charge in [-0.2, -0.15) is 13.2 Å². The van der Waals surface area contributed by atoms with Crippen molar-refractivity contribution in [3.05, 3.63) is 0 Å². The molecule has 1 saturated carbocycles. The highest BCUT2D eigenvalue weighted by atomic mass is 19.4. The molecule has 16 heavy (non-hydrogen) atoms. The fourth-order valence-electron chi connectivity index (χ4n) is 2.05. The Kier molecular flexibility index (Phi) is 4.62. The van der Waals surface area contributed by atoms with Crippen LogP contribution in [0.2, 0.25) is 0 Å². The minimum absolute atomic E-state index is 0.0167. The first-order chi connectivity index (χ1) is 7.29. The van der Waals surface area contributed by atoms with Crippen LogP contribution in [0.25, 0.3) is 0 Å². The Morgan fingerprint density at radius 2 is 1.75 bits per heavy atom. The molecule has 0 aliphatic heterocycles. The summed E-state index contributed by atoms with van der Waals surface area (Å²) < 4.78 is 42.0. The van der Waals surface area contributed by atoms with Crippen LogP contribution in [0.5, 0.6) is 0 Å². The fraction of sp³-hybridized carbons (Fsp3) is 1.00. The molecule has 0 aromatic rings. The molecule has 1 aliphatic carbocycles. The van der Waals surface area contributed by atoms with Gasteiger partial charge in [0.25, 0.3) is 0 Å². The fourth-order valence-corrected chi connectivity index (χ4v) is 2.05. The number of rotatable bonds is 4. The lowest BCUT2D eigenvalue weighted by Crippen LogP contribution is -2.46. The van der Waals surface area contributed by atoms with Crippen molar-refractivity contribution in [2.75, 3.05) is 6.61 Å². The van der Waals surface area contributed by atoms with Crippen molar-refractivity contribution in [2.45, 2.75) is 63.3 Å². The number of hydrogen-bond donors (Lipinski definition) is 1. The van der Waals surface area contributed by atoms with Crippen LogP contribution in [0.15, 0.2) is 0 Å². The van der Waals surface area contributed by atoms with Crippen LogP contribution < -0.4 is 5.73 Å². The summed E-state index contributed by atoms with van der Waals surface area (Å²) in [7, 11) is 0. The molecule has 1 fully saturated rings. The predicted molar refractivity (Wildman–Crippen MR) is 56.1 cm³/mol. The zero-order chi connectivity index (χ0) is 12.2. The Labute approximate surface area is 94.3 Å². The van der Waals surface area contributed by atoms with E-state index >= 15 is 0 Å². The molecule has 0 radical (unpaired) electrons. The van der Waals surface area contributed by atoms with E-state index in [4.69, 9.17) is 10.5 Å². The Morgan fingerprint density at radius 3 is 2.25 bits per heavy atom. The average Bonchev–Trinajstić information content (AvgIpc) is 2.13. The number of hydrogen-bond acceptors (Lipinski definition) is 2. The number of nitrogens with two attached hydrogens (primary N) is 1. The van der Waals surface area contributed by atoms with E-state index in [1.807, 2.05) is 0 Å². The highest BCUT2D eigenvalue weighted by Crippen LogP contribution is 2.27. The van der Waals surface area contributed by atoms with Gasteiger partial charge in [0, 0.05) is 5.54 Å². The predicted octanol–water partition coefficient (Wildman–Crippen LogP) is 3.01. The van der Waals surface area contributed by atoms with Gasteiger partial charge in [0.2, 0.25) is 0 Å². The SMILES string of the molecule is CC(N)(COC1CCCCC1)CC(F)(F)F. The van der Waals surface area contributed by atoms with Gasteiger partial charge in [0.15, 0.2) is 0 Å². The molecule has 0 bridgehead atoms. The Balaban J connectivity index is 2.29. The Hall–Kier alpha value is -0.290. The molecule has 1 unspecified atom stereocenters. The molecule has 5 heteroatoms. The smallest absolute Gasteiger partial charge is 0.376 e. The van der Waals surface area contributed by atoms with E-state index in [0.29, 0.717) is 0 Å². The maximum atomic E-state index is 12.2. The van der Waals surface area contributed by atoms with Crippen LogP contribution in [-0.4, -0.2) is 24.4 Å². The van der Waals surface area contributed by atoms with Crippen LogP contribution in [0.4, 0.5) is 13.2 Å². The van der Waals surface area contributed by atoms with Gasteiger partial charge in [-0.15, -0.1) is 0 Å². The van der Waals surface area contributed by atoms with Gasteiger partial charge in [0.1, 0.15) is 0 Å². The van der Waals surface area contributed by atoms with Gasteiger partial charge in [-0.3, -0.25) is 0 Å². The van der Waals surface area contributed by atoms with Crippen molar-refractivity contribution >= 4 is 0 Å². The molecule has 1 atom stereocenters. The lowest BCUT2D eigenvalue weighted by atomic mass is 9.96. The molecule has 96 valence electrons. The van der Waals surface area contributed by atoms with Gasteiger partial charge in [-0.25, -0.2) is 0 Å². The van der Waals surface area contributed by atoms with E-state index in [1.54, 1.807) is 0 Å². The van der Waals surface area contributed by atoms with Crippen molar-refractivity contribution in [1.29, 1.82) is 0 Å². The quantitative estimate of drug-likeness (QED) is 0.818. The van der Waals surface area contributed by atoms with Gasteiger partial charge < -0.3 is 10.5 Å². The van der Waals surface area contributed by atoms with Crippen molar-refractivity contribution in [3.63, 3.8) is 0 Å². The van der Waals surface area contributed by atoms with Crippen LogP contribution in [0.1, 0.15) is 45.4 Å². The molecule has 0 heterocycles. The zero-order valence-corrected chi connectivity index (χ0v) is 9.65. The van der Waals surface area contributed by atoms with E-state index in [1.165, 1.54) is 13.3 Å². The summed E-state index contributed by atoms with van der Waals surface area (Å²) in [6, 6.07) is 0. The van der Waals surface area contributed by atoms with E-state index in [9.17, 15) is 13.2 Å². The summed E-state index contributed by atoms with van der Waals surface area (Å²) in [6.45, 7) is 1.38. The molecule has 0 amide bonds. The highest BCUT2D eigenvalue weighted by Gasteiger charge is 2.37. The second-order valence-electron chi connectivity index (χ2n) is 5.02. The monoisotopic (exact) mass is 239 g/mol. The minimum atomic E-state index is -4.22.